The molecule has 1 unspecified atom stereocenters. The molecular weight excluding hydrogens is 240 g/mol. The van der Waals surface area contributed by atoms with E-state index >= 15 is 0 Å². The topological polar surface area (TPSA) is 112 Å². The summed E-state index contributed by atoms with van der Waals surface area (Å²) in [6, 6.07) is 0. The molecule has 0 fully saturated rings. The number of rotatable bonds is 4. The minimum atomic E-state index is -1.48. The van der Waals surface area contributed by atoms with Crippen molar-refractivity contribution in [2.45, 2.75) is 33.1 Å². The molecule has 100 valence electrons. The molecule has 1 rings (SSSR count). The van der Waals surface area contributed by atoms with Crippen LogP contribution < -0.4 is 0 Å². The average molecular weight is 256 g/mol. The summed E-state index contributed by atoms with van der Waals surface area (Å²) in [6.07, 6.45) is -0.422. The van der Waals surface area contributed by atoms with Crippen LogP contribution in [0.25, 0.3) is 0 Å². The fourth-order valence-electron chi connectivity index (χ4n) is 2.18. The molecule has 0 amide bonds. The van der Waals surface area contributed by atoms with Crippen LogP contribution in [0.5, 0.6) is 0 Å². The zero-order valence-electron chi connectivity index (χ0n) is 10.3. The number of carboxylic acid groups (broad SMARTS) is 2. The summed E-state index contributed by atoms with van der Waals surface area (Å²) in [7, 11) is 0. The lowest BCUT2D eigenvalue weighted by Crippen LogP contribution is -2.32. The molecule has 0 saturated heterocycles. The summed E-state index contributed by atoms with van der Waals surface area (Å²) < 4.78 is 0. The van der Waals surface area contributed by atoms with Gasteiger partial charge >= 0.3 is 11.9 Å². The number of hydrogen-bond acceptors (Lipinski definition) is 4. The number of Topliss-reactive ketones (excluding diaryl/α,β-unsaturated/α-hetero) is 1. The van der Waals surface area contributed by atoms with Crippen LogP contribution in [0.2, 0.25) is 0 Å². The lowest BCUT2D eigenvalue weighted by Gasteiger charge is -2.31. The molecule has 0 bridgehead atoms. The van der Waals surface area contributed by atoms with E-state index in [0.29, 0.717) is 0 Å². The monoisotopic (exact) mass is 256 g/mol. The third-order valence-electron chi connectivity index (χ3n) is 2.92. The summed E-state index contributed by atoms with van der Waals surface area (Å²) in [6.45, 7) is 3.57. The molecule has 1 aliphatic carbocycles. The van der Waals surface area contributed by atoms with Gasteiger partial charge in [0.1, 0.15) is 5.76 Å². The smallest absolute Gasteiger partial charge is 0.311 e. The van der Waals surface area contributed by atoms with Crippen LogP contribution in [0.3, 0.4) is 0 Å². The van der Waals surface area contributed by atoms with Gasteiger partial charge in [-0.05, 0) is 5.41 Å². The van der Waals surface area contributed by atoms with Crippen molar-refractivity contribution in [2.75, 3.05) is 0 Å². The number of aliphatic hydroxyl groups excluding tert-OH is 1. The third kappa shape index (κ3) is 3.09. The predicted octanol–water partition coefficient (Wildman–Crippen LogP) is 1.36. The van der Waals surface area contributed by atoms with Crippen molar-refractivity contribution >= 4 is 17.7 Å². The second-order valence-electron chi connectivity index (χ2n) is 5.29. The molecule has 0 aromatic carbocycles. The molecule has 3 N–H and O–H groups in total. The highest BCUT2D eigenvalue weighted by atomic mass is 16.4. The van der Waals surface area contributed by atoms with Gasteiger partial charge in [0.15, 0.2) is 5.78 Å². The fraction of sp³-hybridized carbons (Fsp3) is 0.583. The van der Waals surface area contributed by atoms with Gasteiger partial charge in [-0.2, -0.15) is 0 Å². The van der Waals surface area contributed by atoms with Crippen molar-refractivity contribution in [3.8, 4) is 0 Å². The molecule has 6 nitrogen and oxygen atoms in total. The van der Waals surface area contributed by atoms with Crippen molar-refractivity contribution < 1.29 is 29.7 Å². The molecule has 0 aromatic rings. The molecule has 1 atom stereocenters. The van der Waals surface area contributed by atoms with E-state index < -0.39 is 35.5 Å². The molecule has 1 aliphatic rings. The zero-order valence-corrected chi connectivity index (χ0v) is 10.3. The first-order valence-corrected chi connectivity index (χ1v) is 5.54. The van der Waals surface area contributed by atoms with Crippen LogP contribution in [0.15, 0.2) is 11.3 Å². The molecule has 0 aromatic heterocycles. The lowest BCUT2D eigenvalue weighted by atomic mass is 9.73. The number of carbonyl (C=O) groups is 3. The maximum absolute atomic E-state index is 11.9. The maximum atomic E-state index is 11.9. The van der Waals surface area contributed by atoms with Crippen molar-refractivity contribution in [2.24, 2.45) is 11.3 Å². The van der Waals surface area contributed by atoms with Crippen LogP contribution in [0.4, 0.5) is 0 Å². The van der Waals surface area contributed by atoms with E-state index in [4.69, 9.17) is 10.2 Å². The normalized spacial score (nSPS) is 20.7. The number of ketones is 1. The van der Waals surface area contributed by atoms with Gasteiger partial charge in [-0.1, -0.05) is 13.8 Å². The van der Waals surface area contributed by atoms with Crippen LogP contribution in [-0.2, 0) is 14.4 Å². The van der Waals surface area contributed by atoms with Crippen LogP contribution >= 0.6 is 0 Å². The third-order valence-corrected chi connectivity index (χ3v) is 2.92. The molecule has 18 heavy (non-hydrogen) atoms. The molecule has 0 saturated carbocycles. The molecule has 0 radical (unpaired) electrons. The van der Waals surface area contributed by atoms with Crippen LogP contribution in [0, 0.1) is 11.3 Å². The number of carboxylic acids is 2. The van der Waals surface area contributed by atoms with E-state index in [0.717, 1.165) is 0 Å². The molecule has 0 aliphatic heterocycles. The molecule has 0 heterocycles. The van der Waals surface area contributed by atoms with Crippen LogP contribution in [0.1, 0.15) is 33.1 Å². The van der Waals surface area contributed by atoms with Gasteiger partial charge in [0.2, 0.25) is 0 Å². The highest BCUT2D eigenvalue weighted by Crippen LogP contribution is 2.38. The molecule has 0 spiro atoms. The zero-order chi connectivity index (χ0) is 14.1. The average Bonchev–Trinajstić information content (AvgIpc) is 2.11. The van der Waals surface area contributed by atoms with Crippen LogP contribution in [-0.4, -0.2) is 33.0 Å². The van der Waals surface area contributed by atoms with E-state index in [1.54, 1.807) is 13.8 Å². The first-order valence-electron chi connectivity index (χ1n) is 5.54. The number of aliphatic hydroxyl groups is 1. The minimum Gasteiger partial charge on any atom is -0.512 e. The van der Waals surface area contributed by atoms with E-state index in [1.807, 2.05) is 0 Å². The summed E-state index contributed by atoms with van der Waals surface area (Å²) in [4.78, 5) is 33.5. The Balaban J connectivity index is 3.15. The highest BCUT2D eigenvalue weighted by molar-refractivity contribution is 6.02. The van der Waals surface area contributed by atoms with E-state index in [1.165, 1.54) is 0 Å². The minimum absolute atomic E-state index is 0.107. The number of hydrogen-bond donors (Lipinski definition) is 3. The lowest BCUT2D eigenvalue weighted by molar-refractivity contribution is -0.147. The Morgan fingerprint density at radius 3 is 2.22 bits per heavy atom. The molecular formula is C12H16O6. The van der Waals surface area contributed by atoms with Gasteiger partial charge in [-0.3, -0.25) is 14.4 Å². The number of allylic oxidation sites excluding steroid dienone is 1. The van der Waals surface area contributed by atoms with Crippen molar-refractivity contribution in [3.05, 3.63) is 11.3 Å². The summed E-state index contributed by atoms with van der Waals surface area (Å²) >= 11 is 0. The Hall–Kier alpha value is -1.85. The predicted molar refractivity (Wildman–Crippen MR) is 61.1 cm³/mol. The summed E-state index contributed by atoms with van der Waals surface area (Å²) in [5.74, 6) is -5.00. The summed E-state index contributed by atoms with van der Waals surface area (Å²) in [5.41, 5.74) is -0.694. The van der Waals surface area contributed by atoms with Crippen molar-refractivity contribution in [1.29, 1.82) is 0 Å². The largest absolute Gasteiger partial charge is 0.512 e. The first kappa shape index (κ1) is 14.2. The Morgan fingerprint density at radius 1 is 1.28 bits per heavy atom. The second kappa shape index (κ2) is 4.80. The van der Waals surface area contributed by atoms with E-state index in [9.17, 15) is 19.5 Å². The molecule has 6 heteroatoms. The van der Waals surface area contributed by atoms with Gasteiger partial charge in [0.05, 0.1) is 12.3 Å². The Kier molecular flexibility index (Phi) is 3.79. The van der Waals surface area contributed by atoms with Crippen molar-refractivity contribution in [1.82, 2.24) is 0 Å². The van der Waals surface area contributed by atoms with E-state index in [-0.39, 0.29) is 24.2 Å². The SMILES string of the molecule is CC1(C)CC(=O)C(C(CC(=O)O)C(=O)O)=C(O)C1. The number of aliphatic carboxylic acids is 2. The van der Waals surface area contributed by atoms with Gasteiger partial charge in [0, 0.05) is 18.4 Å². The summed E-state index contributed by atoms with van der Waals surface area (Å²) in [5, 5.41) is 27.4. The van der Waals surface area contributed by atoms with Gasteiger partial charge < -0.3 is 15.3 Å². The van der Waals surface area contributed by atoms with Gasteiger partial charge in [0.25, 0.3) is 0 Å². The first-order chi connectivity index (χ1) is 8.14. The fourth-order valence-corrected chi connectivity index (χ4v) is 2.18. The van der Waals surface area contributed by atoms with Gasteiger partial charge in [-0.15, -0.1) is 0 Å². The Morgan fingerprint density at radius 2 is 1.83 bits per heavy atom. The Bertz CT molecular complexity index is 432. The maximum Gasteiger partial charge on any atom is 0.311 e. The van der Waals surface area contributed by atoms with Crippen molar-refractivity contribution in [3.63, 3.8) is 0 Å². The standard InChI is InChI=1S/C12H16O6/c1-12(2)4-7(13)10(8(14)5-12)6(11(17)18)3-9(15)16/h6,13H,3-5H2,1-2H3,(H,15,16)(H,17,18). The van der Waals surface area contributed by atoms with E-state index in [2.05, 4.69) is 0 Å². The van der Waals surface area contributed by atoms with Gasteiger partial charge in [-0.25, -0.2) is 0 Å². The quantitative estimate of drug-likeness (QED) is 0.700. The second-order valence-corrected chi connectivity index (χ2v) is 5.29. The Labute approximate surface area is 104 Å². The highest BCUT2D eigenvalue weighted by Gasteiger charge is 2.39. The number of carbonyl (C=O) groups excluding carboxylic acids is 1.